The van der Waals surface area contributed by atoms with E-state index >= 15 is 0 Å². The Labute approximate surface area is 131 Å². The topological polar surface area (TPSA) is 58.2 Å². The zero-order valence-electron chi connectivity index (χ0n) is 12.7. The molecule has 2 N–H and O–H groups in total. The average molecular weight is 337 g/mol. The summed E-state index contributed by atoms with van der Waals surface area (Å²) in [7, 11) is -2.30. The minimum atomic E-state index is -3.95. The molecule has 0 amide bonds. The molecule has 7 heteroatoms. The summed E-state index contributed by atoms with van der Waals surface area (Å²) in [5.74, 6) is -0.649. The summed E-state index contributed by atoms with van der Waals surface area (Å²) in [5.41, 5.74) is 0.225. The van der Waals surface area contributed by atoms with Crippen molar-refractivity contribution in [2.45, 2.75) is 44.7 Å². The van der Waals surface area contributed by atoms with Crippen molar-refractivity contribution in [2.24, 2.45) is 5.92 Å². The molecule has 120 valence electrons. The number of benzene rings is 1. The van der Waals surface area contributed by atoms with E-state index < -0.39 is 20.7 Å². The third kappa shape index (κ3) is 4.64. The van der Waals surface area contributed by atoms with E-state index in [1.165, 1.54) is 6.07 Å². The lowest BCUT2D eigenvalue weighted by molar-refractivity contribution is 0.435. The van der Waals surface area contributed by atoms with Crippen LogP contribution in [0.5, 0.6) is 0 Å². The van der Waals surface area contributed by atoms with Crippen LogP contribution in [0.15, 0.2) is 17.0 Å². The number of halogens is 2. The lowest BCUT2D eigenvalue weighted by atomic mass is 10.0. The molecule has 1 aromatic rings. The van der Waals surface area contributed by atoms with Crippen LogP contribution < -0.4 is 10.0 Å². The van der Waals surface area contributed by atoms with E-state index in [0.717, 1.165) is 6.07 Å². The monoisotopic (exact) mass is 336 g/mol. The molecule has 0 aliphatic carbocycles. The summed E-state index contributed by atoms with van der Waals surface area (Å²) in [6, 6.07) is 2.32. The highest BCUT2D eigenvalue weighted by atomic mass is 35.5. The normalized spacial score (nSPS) is 13.7. The Bertz CT molecular complexity index is 591. The van der Waals surface area contributed by atoms with Crippen molar-refractivity contribution in [3.8, 4) is 0 Å². The van der Waals surface area contributed by atoms with Gasteiger partial charge in [0, 0.05) is 23.2 Å². The molecule has 1 unspecified atom stereocenters. The average Bonchev–Trinajstić information content (AvgIpc) is 2.39. The van der Waals surface area contributed by atoms with Gasteiger partial charge < -0.3 is 5.32 Å². The SMILES string of the molecule is CCC(NS(=O)(=O)c1cc(Cl)cc(CNC)c1F)C(C)C. The number of hydrogen-bond acceptors (Lipinski definition) is 3. The Hall–Kier alpha value is -0.690. The molecule has 21 heavy (non-hydrogen) atoms. The van der Waals surface area contributed by atoms with Crippen molar-refractivity contribution < 1.29 is 12.8 Å². The van der Waals surface area contributed by atoms with Crippen molar-refractivity contribution in [2.75, 3.05) is 7.05 Å². The first-order valence-electron chi connectivity index (χ1n) is 6.87. The minimum absolute atomic E-state index is 0.115. The van der Waals surface area contributed by atoms with E-state index in [-0.39, 0.29) is 29.1 Å². The summed E-state index contributed by atoms with van der Waals surface area (Å²) < 4.78 is 41.7. The van der Waals surface area contributed by atoms with Gasteiger partial charge in [0.25, 0.3) is 0 Å². The number of hydrogen-bond donors (Lipinski definition) is 2. The van der Waals surface area contributed by atoms with Gasteiger partial charge in [0.2, 0.25) is 10.0 Å². The Morgan fingerprint density at radius 2 is 1.95 bits per heavy atom. The van der Waals surface area contributed by atoms with Crippen LogP contribution in [-0.4, -0.2) is 21.5 Å². The van der Waals surface area contributed by atoms with E-state index in [1.54, 1.807) is 7.05 Å². The van der Waals surface area contributed by atoms with Gasteiger partial charge >= 0.3 is 0 Å². The van der Waals surface area contributed by atoms with Crippen molar-refractivity contribution in [3.63, 3.8) is 0 Å². The zero-order valence-corrected chi connectivity index (χ0v) is 14.3. The van der Waals surface area contributed by atoms with Crippen LogP contribution in [0.25, 0.3) is 0 Å². The number of rotatable bonds is 7. The lowest BCUT2D eigenvalue weighted by Crippen LogP contribution is -2.38. The van der Waals surface area contributed by atoms with Gasteiger partial charge in [-0.2, -0.15) is 0 Å². The zero-order chi connectivity index (χ0) is 16.2. The predicted octanol–water partition coefficient (Wildman–Crippen LogP) is 2.91. The van der Waals surface area contributed by atoms with E-state index in [9.17, 15) is 12.8 Å². The van der Waals surface area contributed by atoms with Gasteiger partial charge in [-0.25, -0.2) is 17.5 Å². The largest absolute Gasteiger partial charge is 0.316 e. The summed E-state index contributed by atoms with van der Waals surface area (Å²) in [5, 5.41) is 2.98. The summed E-state index contributed by atoms with van der Waals surface area (Å²) in [4.78, 5) is -0.403. The number of nitrogens with one attached hydrogen (secondary N) is 2. The van der Waals surface area contributed by atoms with Crippen LogP contribution >= 0.6 is 11.6 Å². The summed E-state index contributed by atoms with van der Waals surface area (Å²) in [6.45, 7) is 5.92. The molecule has 0 spiro atoms. The number of sulfonamides is 1. The molecule has 0 aromatic heterocycles. The van der Waals surface area contributed by atoms with Crippen molar-refractivity contribution in [1.29, 1.82) is 0 Å². The van der Waals surface area contributed by atoms with Gasteiger partial charge in [-0.15, -0.1) is 0 Å². The molecule has 1 atom stereocenters. The molecule has 4 nitrogen and oxygen atoms in total. The highest BCUT2D eigenvalue weighted by Gasteiger charge is 2.26. The van der Waals surface area contributed by atoms with Crippen LogP contribution in [0.4, 0.5) is 4.39 Å². The van der Waals surface area contributed by atoms with Gasteiger partial charge in [0.15, 0.2) is 0 Å². The van der Waals surface area contributed by atoms with E-state index in [2.05, 4.69) is 10.0 Å². The van der Waals surface area contributed by atoms with Crippen LogP contribution in [0.2, 0.25) is 5.02 Å². The molecule has 1 aromatic carbocycles. The van der Waals surface area contributed by atoms with Gasteiger partial charge in [-0.3, -0.25) is 0 Å². The highest BCUT2D eigenvalue weighted by molar-refractivity contribution is 7.89. The van der Waals surface area contributed by atoms with Crippen LogP contribution in [-0.2, 0) is 16.6 Å². The van der Waals surface area contributed by atoms with Crippen LogP contribution in [0, 0.1) is 11.7 Å². The lowest BCUT2D eigenvalue weighted by Gasteiger charge is -2.21. The molecular weight excluding hydrogens is 315 g/mol. The molecule has 0 aliphatic heterocycles. The summed E-state index contributed by atoms with van der Waals surface area (Å²) >= 11 is 5.91. The van der Waals surface area contributed by atoms with Gasteiger partial charge in [-0.05, 0) is 31.5 Å². The van der Waals surface area contributed by atoms with E-state index in [4.69, 9.17) is 11.6 Å². The Morgan fingerprint density at radius 1 is 1.33 bits per heavy atom. The minimum Gasteiger partial charge on any atom is -0.316 e. The second-order valence-corrected chi connectivity index (χ2v) is 7.41. The maximum absolute atomic E-state index is 14.4. The second kappa shape index (κ2) is 7.54. The molecule has 0 saturated heterocycles. The fourth-order valence-electron chi connectivity index (χ4n) is 2.09. The highest BCUT2D eigenvalue weighted by Crippen LogP contribution is 2.24. The van der Waals surface area contributed by atoms with Crippen molar-refractivity contribution >= 4 is 21.6 Å². The maximum Gasteiger partial charge on any atom is 0.243 e. The van der Waals surface area contributed by atoms with E-state index in [0.29, 0.717) is 6.42 Å². The fraction of sp³-hybridized carbons (Fsp3) is 0.571. The molecule has 0 radical (unpaired) electrons. The van der Waals surface area contributed by atoms with Crippen LogP contribution in [0.3, 0.4) is 0 Å². The molecule has 1 rings (SSSR count). The first-order valence-corrected chi connectivity index (χ1v) is 8.73. The van der Waals surface area contributed by atoms with E-state index in [1.807, 2.05) is 20.8 Å². The smallest absolute Gasteiger partial charge is 0.243 e. The molecular formula is C14H22ClFN2O2S. The van der Waals surface area contributed by atoms with Crippen molar-refractivity contribution in [1.82, 2.24) is 10.0 Å². The third-order valence-corrected chi connectivity index (χ3v) is 4.99. The maximum atomic E-state index is 14.4. The Morgan fingerprint density at radius 3 is 2.43 bits per heavy atom. The fourth-order valence-corrected chi connectivity index (χ4v) is 4.01. The van der Waals surface area contributed by atoms with Gasteiger partial charge in [0.05, 0.1) is 0 Å². The Kier molecular flexibility index (Phi) is 6.59. The third-order valence-electron chi connectivity index (χ3n) is 3.29. The quantitative estimate of drug-likeness (QED) is 0.805. The molecule has 0 saturated carbocycles. The van der Waals surface area contributed by atoms with Crippen molar-refractivity contribution in [3.05, 3.63) is 28.5 Å². The Balaban J connectivity index is 3.25. The first-order chi connectivity index (χ1) is 9.72. The van der Waals surface area contributed by atoms with Crippen LogP contribution in [0.1, 0.15) is 32.8 Å². The molecule has 0 bridgehead atoms. The van der Waals surface area contributed by atoms with Gasteiger partial charge in [-0.1, -0.05) is 32.4 Å². The molecule has 0 heterocycles. The standard InChI is InChI=1S/C14H22ClFN2O2S/c1-5-12(9(2)3)18-21(19,20)13-7-11(15)6-10(8-17-4)14(13)16/h6-7,9,12,17-18H,5,8H2,1-4H3. The summed E-state index contributed by atoms with van der Waals surface area (Å²) in [6.07, 6.45) is 0.627. The van der Waals surface area contributed by atoms with Gasteiger partial charge in [0.1, 0.15) is 10.7 Å². The second-order valence-electron chi connectivity index (χ2n) is 5.29. The predicted molar refractivity (Wildman–Crippen MR) is 83.4 cm³/mol. The molecule has 0 fully saturated rings. The molecule has 0 aliphatic rings. The first kappa shape index (κ1) is 18.4.